The predicted molar refractivity (Wildman–Crippen MR) is 70.5 cm³/mol. The molecule has 1 saturated carbocycles. The van der Waals surface area contributed by atoms with Gasteiger partial charge in [0, 0.05) is 12.0 Å². The Hall–Kier alpha value is -0.860. The molecule has 0 amide bonds. The van der Waals surface area contributed by atoms with Crippen molar-refractivity contribution in [3.05, 3.63) is 35.9 Å². The van der Waals surface area contributed by atoms with Crippen LogP contribution in [0.15, 0.2) is 30.3 Å². The summed E-state index contributed by atoms with van der Waals surface area (Å²) >= 11 is 0. The average Bonchev–Trinajstić information content (AvgIpc) is 2.32. The summed E-state index contributed by atoms with van der Waals surface area (Å²) in [6.45, 7) is 5.05. The first-order chi connectivity index (χ1) is 8.04. The lowest BCUT2D eigenvalue weighted by atomic mass is 9.70. The summed E-state index contributed by atoms with van der Waals surface area (Å²) in [6, 6.07) is 10.3. The first-order valence-corrected chi connectivity index (χ1v) is 6.55. The van der Waals surface area contributed by atoms with Crippen molar-refractivity contribution in [3.8, 4) is 0 Å². The van der Waals surface area contributed by atoms with E-state index in [4.69, 9.17) is 0 Å². The normalized spacial score (nSPS) is 27.9. The number of hydrogen-bond donors (Lipinski definition) is 2. The lowest BCUT2D eigenvalue weighted by Gasteiger charge is -2.47. The van der Waals surface area contributed by atoms with E-state index in [1.54, 1.807) is 0 Å². The lowest BCUT2D eigenvalue weighted by molar-refractivity contribution is -0.123. The molecule has 0 radical (unpaired) electrons. The van der Waals surface area contributed by atoms with Crippen LogP contribution in [0.25, 0.3) is 0 Å². The average molecular weight is 233 g/mol. The van der Waals surface area contributed by atoms with Crippen molar-refractivity contribution in [2.75, 3.05) is 0 Å². The molecule has 1 atom stereocenters. The Balaban J connectivity index is 2.02. The highest BCUT2D eigenvalue weighted by Crippen LogP contribution is 2.42. The van der Waals surface area contributed by atoms with E-state index in [9.17, 15) is 5.11 Å². The van der Waals surface area contributed by atoms with E-state index in [1.165, 1.54) is 12.0 Å². The third kappa shape index (κ3) is 2.70. The minimum atomic E-state index is -0.721. The van der Waals surface area contributed by atoms with Crippen LogP contribution in [0, 0.1) is 5.41 Å². The molecule has 1 fully saturated rings. The van der Waals surface area contributed by atoms with E-state index in [0.717, 1.165) is 25.8 Å². The molecule has 1 aliphatic rings. The Morgan fingerprint density at radius 3 is 2.41 bits per heavy atom. The minimum absolute atomic E-state index is 0.0416. The Morgan fingerprint density at radius 1 is 1.12 bits per heavy atom. The number of benzene rings is 1. The van der Waals surface area contributed by atoms with Crippen molar-refractivity contribution in [1.29, 1.82) is 0 Å². The summed E-state index contributed by atoms with van der Waals surface area (Å²) in [5.74, 6) is 0. The minimum Gasteiger partial charge on any atom is -0.375 e. The van der Waals surface area contributed by atoms with Crippen molar-refractivity contribution >= 4 is 0 Å². The van der Waals surface area contributed by atoms with E-state index in [1.807, 2.05) is 18.2 Å². The number of nitrogens with one attached hydrogen (secondary N) is 1. The maximum atomic E-state index is 10.7. The van der Waals surface area contributed by atoms with Crippen LogP contribution in [0.3, 0.4) is 0 Å². The molecule has 0 heterocycles. The molecular formula is C15H23NO. The topological polar surface area (TPSA) is 32.3 Å². The molecule has 2 nitrogen and oxygen atoms in total. The number of hydrogen-bond acceptors (Lipinski definition) is 2. The van der Waals surface area contributed by atoms with Gasteiger partial charge in [0.2, 0.25) is 0 Å². The molecule has 1 aliphatic carbocycles. The van der Waals surface area contributed by atoms with Crippen LogP contribution in [0.2, 0.25) is 0 Å². The van der Waals surface area contributed by atoms with Gasteiger partial charge in [-0.3, -0.25) is 5.32 Å². The zero-order valence-electron chi connectivity index (χ0n) is 10.9. The van der Waals surface area contributed by atoms with Crippen molar-refractivity contribution in [1.82, 2.24) is 5.32 Å². The van der Waals surface area contributed by atoms with Gasteiger partial charge in [0.25, 0.3) is 0 Å². The molecule has 0 bridgehead atoms. The highest BCUT2D eigenvalue weighted by Gasteiger charge is 2.44. The van der Waals surface area contributed by atoms with Crippen molar-refractivity contribution in [2.45, 2.75) is 51.8 Å². The maximum absolute atomic E-state index is 10.7. The molecule has 1 aromatic carbocycles. The van der Waals surface area contributed by atoms with Crippen LogP contribution in [0.4, 0.5) is 0 Å². The summed E-state index contributed by atoms with van der Waals surface area (Å²) in [4.78, 5) is 0. The van der Waals surface area contributed by atoms with Gasteiger partial charge in [-0.05, 0) is 24.8 Å². The quantitative estimate of drug-likeness (QED) is 0.786. The number of aliphatic hydroxyl groups is 1. The SMILES string of the molecule is CC1(C)CCCCC1(O)NCc1ccccc1. The molecule has 17 heavy (non-hydrogen) atoms. The second-order valence-corrected chi connectivity index (χ2v) is 5.79. The van der Waals surface area contributed by atoms with E-state index in [-0.39, 0.29) is 5.41 Å². The first kappa shape index (κ1) is 12.6. The fourth-order valence-electron chi connectivity index (χ4n) is 2.66. The standard InChI is InChI=1S/C15H23NO/c1-14(2)10-6-7-11-15(14,17)16-12-13-8-4-3-5-9-13/h3-5,8-9,16-17H,6-7,10-12H2,1-2H3. The third-order valence-electron chi connectivity index (χ3n) is 4.14. The third-order valence-corrected chi connectivity index (χ3v) is 4.14. The van der Waals surface area contributed by atoms with E-state index >= 15 is 0 Å². The molecule has 0 aromatic heterocycles. The van der Waals surface area contributed by atoms with Crippen molar-refractivity contribution < 1.29 is 5.11 Å². The van der Waals surface area contributed by atoms with Gasteiger partial charge in [0.15, 0.2) is 0 Å². The monoisotopic (exact) mass is 233 g/mol. The smallest absolute Gasteiger partial charge is 0.121 e. The molecule has 2 rings (SSSR count). The fourth-order valence-corrected chi connectivity index (χ4v) is 2.66. The Kier molecular flexibility index (Phi) is 3.55. The van der Waals surface area contributed by atoms with Gasteiger partial charge in [-0.1, -0.05) is 50.6 Å². The van der Waals surface area contributed by atoms with Crippen molar-refractivity contribution in [3.63, 3.8) is 0 Å². The Morgan fingerprint density at radius 2 is 1.76 bits per heavy atom. The van der Waals surface area contributed by atoms with Gasteiger partial charge < -0.3 is 5.11 Å². The summed E-state index contributed by atoms with van der Waals surface area (Å²) in [6.07, 6.45) is 4.28. The van der Waals surface area contributed by atoms with E-state index < -0.39 is 5.72 Å². The molecule has 0 saturated heterocycles. The van der Waals surface area contributed by atoms with Crippen LogP contribution in [0.5, 0.6) is 0 Å². The van der Waals surface area contributed by atoms with Gasteiger partial charge in [0.05, 0.1) is 0 Å². The highest BCUT2D eigenvalue weighted by atomic mass is 16.3. The molecule has 94 valence electrons. The molecule has 0 spiro atoms. The molecule has 0 aliphatic heterocycles. The van der Waals surface area contributed by atoms with Crippen LogP contribution >= 0.6 is 0 Å². The summed E-state index contributed by atoms with van der Waals surface area (Å²) in [5, 5.41) is 14.1. The molecule has 1 unspecified atom stereocenters. The Labute approximate surface area is 104 Å². The number of rotatable bonds is 3. The van der Waals surface area contributed by atoms with Gasteiger partial charge in [-0.25, -0.2) is 0 Å². The maximum Gasteiger partial charge on any atom is 0.121 e. The van der Waals surface area contributed by atoms with Crippen LogP contribution < -0.4 is 5.32 Å². The van der Waals surface area contributed by atoms with Gasteiger partial charge in [-0.2, -0.15) is 0 Å². The summed E-state index contributed by atoms with van der Waals surface area (Å²) in [5.41, 5.74) is 0.462. The zero-order chi connectivity index (χ0) is 12.4. The summed E-state index contributed by atoms with van der Waals surface area (Å²) in [7, 11) is 0. The van der Waals surface area contributed by atoms with Gasteiger partial charge >= 0.3 is 0 Å². The van der Waals surface area contributed by atoms with Crippen LogP contribution in [-0.4, -0.2) is 10.8 Å². The largest absolute Gasteiger partial charge is 0.375 e. The molecule has 1 aromatic rings. The van der Waals surface area contributed by atoms with Crippen LogP contribution in [-0.2, 0) is 6.54 Å². The Bertz CT molecular complexity index is 360. The van der Waals surface area contributed by atoms with Gasteiger partial charge in [0.1, 0.15) is 5.72 Å². The molecule has 2 N–H and O–H groups in total. The van der Waals surface area contributed by atoms with E-state index in [2.05, 4.69) is 31.3 Å². The fraction of sp³-hybridized carbons (Fsp3) is 0.600. The second kappa shape index (κ2) is 4.79. The zero-order valence-corrected chi connectivity index (χ0v) is 10.9. The van der Waals surface area contributed by atoms with Crippen molar-refractivity contribution in [2.24, 2.45) is 5.41 Å². The molecule has 2 heteroatoms. The highest BCUT2D eigenvalue weighted by molar-refractivity contribution is 5.14. The van der Waals surface area contributed by atoms with Crippen LogP contribution in [0.1, 0.15) is 45.1 Å². The second-order valence-electron chi connectivity index (χ2n) is 5.79. The molecular weight excluding hydrogens is 210 g/mol. The summed E-state index contributed by atoms with van der Waals surface area (Å²) < 4.78 is 0. The predicted octanol–water partition coefficient (Wildman–Crippen LogP) is 3.07. The van der Waals surface area contributed by atoms with E-state index in [0.29, 0.717) is 0 Å². The lowest BCUT2D eigenvalue weighted by Crippen LogP contribution is -2.57. The van der Waals surface area contributed by atoms with Gasteiger partial charge in [-0.15, -0.1) is 0 Å². The first-order valence-electron chi connectivity index (χ1n) is 6.55.